The van der Waals surface area contributed by atoms with Crippen molar-refractivity contribution in [3.8, 4) is 0 Å². The highest BCUT2D eigenvalue weighted by atomic mass is 16.5. The van der Waals surface area contributed by atoms with E-state index in [1.807, 2.05) is 50.2 Å². The Balaban J connectivity index is 1.73. The van der Waals surface area contributed by atoms with Crippen molar-refractivity contribution in [1.82, 2.24) is 5.32 Å². The van der Waals surface area contributed by atoms with Crippen LogP contribution in [0.3, 0.4) is 0 Å². The molecule has 3 rings (SSSR count). The van der Waals surface area contributed by atoms with E-state index in [0.29, 0.717) is 11.1 Å². The first-order chi connectivity index (χ1) is 15.5. The van der Waals surface area contributed by atoms with Gasteiger partial charge in [-0.05, 0) is 43.7 Å². The summed E-state index contributed by atoms with van der Waals surface area (Å²) in [5.74, 6) is -1.46. The third kappa shape index (κ3) is 5.82. The Hall–Kier alpha value is -3.93. The van der Waals surface area contributed by atoms with Gasteiger partial charge in [-0.1, -0.05) is 66.7 Å². The highest BCUT2D eigenvalue weighted by molar-refractivity contribution is 5.98. The Morgan fingerprint density at radius 3 is 1.91 bits per heavy atom. The van der Waals surface area contributed by atoms with E-state index in [1.165, 1.54) is 0 Å². The third-order valence-corrected chi connectivity index (χ3v) is 4.84. The van der Waals surface area contributed by atoms with Crippen LogP contribution in [0.15, 0.2) is 91.0 Å². The average molecular weight is 431 g/mol. The van der Waals surface area contributed by atoms with Crippen LogP contribution in [-0.4, -0.2) is 30.4 Å². The lowest BCUT2D eigenvalue weighted by Gasteiger charge is -2.27. The normalized spacial score (nSPS) is 11.5. The lowest BCUT2D eigenvalue weighted by atomic mass is 10.1. The highest BCUT2D eigenvalue weighted by Gasteiger charge is 2.27. The molecule has 0 bridgehead atoms. The van der Waals surface area contributed by atoms with Crippen molar-refractivity contribution < 1.29 is 19.1 Å². The number of esters is 1. The number of anilines is 1. The Kier molecular flexibility index (Phi) is 7.75. The lowest BCUT2D eigenvalue weighted by molar-refractivity contribution is -0.150. The molecular formula is C26H26N2O4. The van der Waals surface area contributed by atoms with Gasteiger partial charge in [0, 0.05) is 17.3 Å². The second-order valence-corrected chi connectivity index (χ2v) is 7.48. The van der Waals surface area contributed by atoms with Gasteiger partial charge in [0.1, 0.15) is 0 Å². The van der Waals surface area contributed by atoms with Crippen LogP contribution in [0.5, 0.6) is 0 Å². The maximum absolute atomic E-state index is 12.9. The van der Waals surface area contributed by atoms with Gasteiger partial charge < -0.3 is 15.0 Å². The zero-order valence-corrected chi connectivity index (χ0v) is 18.1. The summed E-state index contributed by atoms with van der Waals surface area (Å²) in [4.78, 5) is 40.0. The van der Waals surface area contributed by atoms with Crippen LogP contribution >= 0.6 is 0 Å². The van der Waals surface area contributed by atoms with Crippen LogP contribution in [0.2, 0.25) is 0 Å². The van der Waals surface area contributed by atoms with Crippen molar-refractivity contribution in [2.45, 2.75) is 25.9 Å². The first-order valence-electron chi connectivity index (χ1n) is 10.4. The number of para-hydroxylation sites is 1. The first kappa shape index (κ1) is 22.7. The quantitative estimate of drug-likeness (QED) is 0.545. The van der Waals surface area contributed by atoms with Gasteiger partial charge in [-0.3, -0.25) is 9.59 Å². The molecule has 2 amide bonds. The zero-order valence-electron chi connectivity index (χ0n) is 18.1. The van der Waals surface area contributed by atoms with E-state index in [0.717, 1.165) is 5.69 Å². The summed E-state index contributed by atoms with van der Waals surface area (Å²) < 4.78 is 5.36. The minimum absolute atomic E-state index is 0.119. The van der Waals surface area contributed by atoms with Crippen molar-refractivity contribution in [2.24, 2.45) is 0 Å². The smallest absolute Gasteiger partial charge is 0.333 e. The molecule has 164 valence electrons. The van der Waals surface area contributed by atoms with Gasteiger partial charge >= 0.3 is 5.97 Å². The molecule has 0 saturated carbocycles. The second kappa shape index (κ2) is 10.9. The van der Waals surface area contributed by atoms with Gasteiger partial charge in [-0.2, -0.15) is 0 Å². The molecule has 0 aliphatic carbocycles. The Bertz CT molecular complexity index is 1040. The maximum atomic E-state index is 12.9. The number of ether oxygens (including phenoxy) is 1. The van der Waals surface area contributed by atoms with Crippen LogP contribution in [0.1, 0.15) is 35.8 Å². The molecule has 0 aliphatic rings. The van der Waals surface area contributed by atoms with Crippen LogP contribution in [0.25, 0.3) is 0 Å². The Morgan fingerprint density at radius 2 is 1.34 bits per heavy atom. The fraction of sp³-hybridized carbons (Fsp3) is 0.192. The van der Waals surface area contributed by atoms with E-state index in [4.69, 9.17) is 4.74 Å². The third-order valence-electron chi connectivity index (χ3n) is 4.84. The molecule has 0 spiro atoms. The number of amides is 2. The van der Waals surface area contributed by atoms with Crippen molar-refractivity contribution in [3.05, 3.63) is 102 Å². The summed E-state index contributed by atoms with van der Waals surface area (Å²) >= 11 is 0. The molecule has 1 N–H and O–H groups in total. The van der Waals surface area contributed by atoms with Gasteiger partial charge in [0.05, 0.1) is 0 Å². The largest absolute Gasteiger partial charge is 0.454 e. The molecule has 32 heavy (non-hydrogen) atoms. The summed E-state index contributed by atoms with van der Waals surface area (Å²) in [6.45, 7) is 3.34. The first-order valence-corrected chi connectivity index (χ1v) is 10.4. The molecule has 3 aromatic carbocycles. The topological polar surface area (TPSA) is 75.7 Å². The fourth-order valence-corrected chi connectivity index (χ4v) is 3.33. The molecule has 6 heteroatoms. The van der Waals surface area contributed by atoms with E-state index in [2.05, 4.69) is 5.32 Å². The number of benzene rings is 3. The SMILES string of the molecule is CC(C)N(C(=O)COC(=O)C(NC(=O)c1ccccc1)c1ccccc1)c1ccccc1. The molecule has 0 heterocycles. The summed E-state index contributed by atoms with van der Waals surface area (Å²) in [5.41, 5.74) is 1.71. The molecule has 0 radical (unpaired) electrons. The molecule has 1 unspecified atom stereocenters. The van der Waals surface area contributed by atoms with Crippen molar-refractivity contribution in [2.75, 3.05) is 11.5 Å². The molecule has 3 aromatic rings. The molecule has 0 saturated heterocycles. The molecule has 0 aliphatic heterocycles. The van der Waals surface area contributed by atoms with Gasteiger partial charge in [-0.15, -0.1) is 0 Å². The molecule has 0 aromatic heterocycles. The van der Waals surface area contributed by atoms with Crippen LogP contribution in [-0.2, 0) is 14.3 Å². The predicted molar refractivity (Wildman–Crippen MR) is 123 cm³/mol. The molecule has 6 nitrogen and oxygen atoms in total. The molecule has 0 fully saturated rings. The predicted octanol–water partition coefficient (Wildman–Crippen LogP) is 4.14. The monoisotopic (exact) mass is 430 g/mol. The number of nitrogens with zero attached hydrogens (tertiary/aromatic N) is 1. The van der Waals surface area contributed by atoms with E-state index >= 15 is 0 Å². The number of hydrogen-bond acceptors (Lipinski definition) is 4. The number of rotatable bonds is 8. The van der Waals surface area contributed by atoms with Gasteiger partial charge in [0.2, 0.25) is 0 Å². The van der Waals surface area contributed by atoms with Crippen molar-refractivity contribution >= 4 is 23.5 Å². The Labute approximate surface area is 187 Å². The average Bonchev–Trinajstić information content (AvgIpc) is 2.82. The van der Waals surface area contributed by atoms with Crippen molar-refractivity contribution in [1.29, 1.82) is 0 Å². The Morgan fingerprint density at radius 1 is 0.812 bits per heavy atom. The maximum Gasteiger partial charge on any atom is 0.333 e. The fourth-order valence-electron chi connectivity index (χ4n) is 3.33. The number of hydrogen-bond donors (Lipinski definition) is 1. The van der Waals surface area contributed by atoms with Gasteiger partial charge in [0.15, 0.2) is 12.6 Å². The van der Waals surface area contributed by atoms with E-state index in [-0.39, 0.29) is 11.9 Å². The van der Waals surface area contributed by atoms with Gasteiger partial charge in [-0.25, -0.2) is 4.79 Å². The summed E-state index contributed by atoms with van der Waals surface area (Å²) in [6, 6.07) is 25.5. The molecule has 1 atom stereocenters. The van der Waals surface area contributed by atoms with Crippen LogP contribution in [0, 0.1) is 0 Å². The van der Waals surface area contributed by atoms with Crippen LogP contribution in [0.4, 0.5) is 5.69 Å². The lowest BCUT2D eigenvalue weighted by Crippen LogP contribution is -2.41. The summed E-state index contributed by atoms with van der Waals surface area (Å²) in [7, 11) is 0. The van der Waals surface area contributed by atoms with Gasteiger partial charge in [0.25, 0.3) is 11.8 Å². The van der Waals surface area contributed by atoms with E-state index < -0.39 is 24.5 Å². The summed E-state index contributed by atoms with van der Waals surface area (Å²) in [5, 5.41) is 2.72. The molecular weight excluding hydrogens is 404 g/mol. The van der Waals surface area contributed by atoms with Crippen LogP contribution < -0.4 is 10.2 Å². The minimum atomic E-state index is -1.04. The number of carbonyl (C=O) groups is 3. The minimum Gasteiger partial charge on any atom is -0.454 e. The highest BCUT2D eigenvalue weighted by Crippen LogP contribution is 2.19. The standard InChI is InChI=1S/C26H26N2O4/c1-19(2)28(22-16-10-5-11-17-22)23(29)18-32-26(31)24(20-12-6-3-7-13-20)27-25(30)21-14-8-4-9-15-21/h3-17,19,24H,18H2,1-2H3,(H,27,30). The van der Waals surface area contributed by atoms with E-state index in [1.54, 1.807) is 59.5 Å². The van der Waals surface area contributed by atoms with Crippen molar-refractivity contribution in [3.63, 3.8) is 0 Å². The zero-order chi connectivity index (χ0) is 22.9. The van der Waals surface area contributed by atoms with E-state index in [9.17, 15) is 14.4 Å². The number of nitrogens with one attached hydrogen (secondary N) is 1. The number of carbonyl (C=O) groups excluding carboxylic acids is 3. The summed E-state index contributed by atoms with van der Waals surface area (Å²) in [6.07, 6.45) is 0. The second-order valence-electron chi connectivity index (χ2n) is 7.48.